The lowest BCUT2D eigenvalue weighted by molar-refractivity contribution is 0.276. The first-order chi connectivity index (χ1) is 8.08. The van der Waals surface area contributed by atoms with Gasteiger partial charge in [-0.15, -0.1) is 0 Å². The molecule has 0 spiro atoms. The molecule has 1 aliphatic carbocycles. The number of hydrogen-bond donors (Lipinski definition) is 2. The Bertz CT molecular complexity index is 446. The lowest BCUT2D eigenvalue weighted by atomic mass is 9.80. The number of hydrogen-bond acceptors (Lipinski definition) is 3. The highest BCUT2D eigenvalue weighted by molar-refractivity contribution is 9.10. The van der Waals surface area contributed by atoms with Gasteiger partial charge in [0.15, 0.2) is 0 Å². The van der Waals surface area contributed by atoms with Gasteiger partial charge in [-0.25, -0.2) is 4.98 Å². The topological polar surface area (TPSA) is 57.8 Å². The minimum Gasteiger partial charge on any atom is -0.366 e. The number of halogens is 1. The summed E-state index contributed by atoms with van der Waals surface area (Å²) in [6.45, 7) is 4.56. The molecule has 94 valence electrons. The minimum atomic E-state index is -0.140. The highest BCUT2D eigenvalue weighted by Gasteiger charge is 2.26. The highest BCUT2D eigenvalue weighted by atomic mass is 79.9. The second-order valence-corrected chi connectivity index (χ2v) is 5.83. The number of nitrogens with zero attached hydrogens (tertiary/aromatic N) is 1. The van der Waals surface area contributed by atoms with Crippen LogP contribution in [0.1, 0.15) is 33.1 Å². The summed E-state index contributed by atoms with van der Waals surface area (Å²) in [5, 5.41) is 3.38. The standard InChI is InChI=1S/C12H18BrN3O/c1-7-3-4-9(8(2)5-7)16-11-10(13)12(17)15-6-14-11/h6-9H,3-5H2,1-2H3,(H2,14,15,16,17). The summed E-state index contributed by atoms with van der Waals surface area (Å²) in [7, 11) is 0. The first kappa shape index (κ1) is 12.6. The smallest absolute Gasteiger partial charge is 0.267 e. The Kier molecular flexibility index (Phi) is 3.86. The SMILES string of the molecule is CC1CCC(Nc2nc[nH]c(=O)c2Br)C(C)C1. The lowest BCUT2D eigenvalue weighted by Gasteiger charge is -2.33. The molecule has 2 rings (SSSR count). The molecule has 1 saturated carbocycles. The summed E-state index contributed by atoms with van der Waals surface area (Å²) in [6, 6.07) is 0.414. The van der Waals surface area contributed by atoms with Gasteiger partial charge in [0, 0.05) is 6.04 Å². The van der Waals surface area contributed by atoms with Gasteiger partial charge in [0.05, 0.1) is 6.33 Å². The van der Waals surface area contributed by atoms with Crippen molar-refractivity contribution in [1.29, 1.82) is 0 Å². The Labute approximate surface area is 109 Å². The van der Waals surface area contributed by atoms with Crippen molar-refractivity contribution < 1.29 is 0 Å². The molecule has 3 atom stereocenters. The van der Waals surface area contributed by atoms with E-state index in [1.54, 1.807) is 0 Å². The quantitative estimate of drug-likeness (QED) is 0.883. The molecule has 3 unspecified atom stereocenters. The summed E-state index contributed by atoms with van der Waals surface area (Å²) < 4.78 is 0.492. The number of aromatic nitrogens is 2. The summed E-state index contributed by atoms with van der Waals surface area (Å²) in [6.07, 6.45) is 5.05. The third kappa shape index (κ3) is 2.89. The van der Waals surface area contributed by atoms with Crippen molar-refractivity contribution >= 4 is 21.7 Å². The van der Waals surface area contributed by atoms with E-state index in [4.69, 9.17) is 0 Å². The summed E-state index contributed by atoms with van der Waals surface area (Å²) in [5.74, 6) is 2.07. The van der Waals surface area contributed by atoms with E-state index < -0.39 is 0 Å². The molecule has 0 radical (unpaired) electrons. The van der Waals surface area contributed by atoms with Gasteiger partial charge in [0.2, 0.25) is 0 Å². The monoisotopic (exact) mass is 299 g/mol. The van der Waals surface area contributed by atoms with Crippen LogP contribution in [0, 0.1) is 11.8 Å². The summed E-state index contributed by atoms with van der Waals surface area (Å²) >= 11 is 3.27. The van der Waals surface area contributed by atoms with Crippen LogP contribution in [0.5, 0.6) is 0 Å². The van der Waals surface area contributed by atoms with Crippen LogP contribution in [0.25, 0.3) is 0 Å². The van der Waals surface area contributed by atoms with E-state index in [9.17, 15) is 4.79 Å². The number of rotatable bonds is 2. The van der Waals surface area contributed by atoms with Crippen molar-refractivity contribution in [3.8, 4) is 0 Å². The van der Waals surface area contributed by atoms with Crippen molar-refractivity contribution in [2.24, 2.45) is 11.8 Å². The second kappa shape index (κ2) is 5.21. The van der Waals surface area contributed by atoms with Crippen molar-refractivity contribution in [2.45, 2.75) is 39.2 Å². The van der Waals surface area contributed by atoms with Gasteiger partial charge in [-0.3, -0.25) is 4.79 Å². The zero-order valence-corrected chi connectivity index (χ0v) is 11.8. The number of nitrogens with one attached hydrogen (secondary N) is 2. The van der Waals surface area contributed by atoms with Gasteiger partial charge in [-0.1, -0.05) is 13.8 Å². The number of H-pyrrole nitrogens is 1. The molecule has 2 N–H and O–H groups in total. The summed E-state index contributed by atoms with van der Waals surface area (Å²) in [5.41, 5.74) is -0.140. The van der Waals surface area contributed by atoms with Crippen molar-refractivity contribution in [2.75, 3.05) is 5.32 Å². The fourth-order valence-electron chi connectivity index (χ4n) is 2.54. The third-order valence-corrected chi connectivity index (χ3v) is 4.29. The number of aromatic amines is 1. The Morgan fingerprint density at radius 2 is 2.24 bits per heavy atom. The maximum Gasteiger partial charge on any atom is 0.267 e. The normalized spacial score (nSPS) is 29.0. The molecule has 4 nitrogen and oxygen atoms in total. The van der Waals surface area contributed by atoms with Crippen LogP contribution in [0.3, 0.4) is 0 Å². The predicted molar refractivity (Wildman–Crippen MR) is 72.1 cm³/mol. The molecule has 1 aromatic rings. The molecule has 1 aliphatic rings. The maximum atomic E-state index is 11.4. The molecular formula is C12H18BrN3O. The van der Waals surface area contributed by atoms with Crippen LogP contribution in [-0.2, 0) is 0 Å². The van der Waals surface area contributed by atoms with Crippen molar-refractivity contribution in [1.82, 2.24) is 9.97 Å². The molecule has 0 aromatic carbocycles. The highest BCUT2D eigenvalue weighted by Crippen LogP contribution is 2.31. The Morgan fingerprint density at radius 3 is 2.94 bits per heavy atom. The van der Waals surface area contributed by atoms with E-state index in [0.29, 0.717) is 22.3 Å². The predicted octanol–water partition coefficient (Wildman–Crippen LogP) is 2.77. The molecule has 1 fully saturated rings. The van der Waals surface area contributed by atoms with Crippen LogP contribution in [0.15, 0.2) is 15.6 Å². The second-order valence-electron chi connectivity index (χ2n) is 5.04. The van der Waals surface area contributed by atoms with Gasteiger partial charge in [0.1, 0.15) is 10.3 Å². The molecule has 0 amide bonds. The number of anilines is 1. The van der Waals surface area contributed by atoms with Gasteiger partial charge < -0.3 is 10.3 Å². The molecule has 17 heavy (non-hydrogen) atoms. The molecule has 0 bridgehead atoms. The maximum absolute atomic E-state index is 11.4. The van der Waals surface area contributed by atoms with Gasteiger partial charge >= 0.3 is 0 Å². The van der Waals surface area contributed by atoms with E-state index >= 15 is 0 Å². The first-order valence-corrected chi connectivity index (χ1v) is 6.87. The molecular weight excluding hydrogens is 282 g/mol. The summed E-state index contributed by atoms with van der Waals surface area (Å²) in [4.78, 5) is 18.1. The Morgan fingerprint density at radius 1 is 1.47 bits per heavy atom. The van der Waals surface area contributed by atoms with E-state index in [1.807, 2.05) is 0 Å². The third-order valence-electron chi connectivity index (χ3n) is 3.55. The molecule has 5 heteroatoms. The van der Waals surface area contributed by atoms with E-state index in [-0.39, 0.29) is 5.56 Å². The van der Waals surface area contributed by atoms with Gasteiger partial charge in [-0.05, 0) is 47.0 Å². The van der Waals surface area contributed by atoms with Gasteiger partial charge in [0.25, 0.3) is 5.56 Å². The average molecular weight is 300 g/mol. The molecule has 0 aliphatic heterocycles. The Balaban J connectivity index is 2.10. The van der Waals surface area contributed by atoms with Crippen LogP contribution < -0.4 is 10.9 Å². The van der Waals surface area contributed by atoms with E-state index in [0.717, 1.165) is 12.3 Å². The molecule has 1 aromatic heterocycles. The molecule has 0 saturated heterocycles. The largest absolute Gasteiger partial charge is 0.366 e. The lowest BCUT2D eigenvalue weighted by Crippen LogP contribution is -2.34. The fraction of sp³-hybridized carbons (Fsp3) is 0.667. The van der Waals surface area contributed by atoms with Crippen molar-refractivity contribution in [3.05, 3.63) is 21.2 Å². The zero-order valence-electron chi connectivity index (χ0n) is 10.2. The Hall–Kier alpha value is -0.840. The zero-order chi connectivity index (χ0) is 12.4. The van der Waals surface area contributed by atoms with Crippen LogP contribution in [0.2, 0.25) is 0 Å². The van der Waals surface area contributed by atoms with Crippen LogP contribution in [0.4, 0.5) is 5.82 Å². The van der Waals surface area contributed by atoms with E-state index in [2.05, 4.69) is 45.1 Å². The van der Waals surface area contributed by atoms with E-state index in [1.165, 1.54) is 19.2 Å². The van der Waals surface area contributed by atoms with Crippen LogP contribution in [-0.4, -0.2) is 16.0 Å². The van der Waals surface area contributed by atoms with Gasteiger partial charge in [-0.2, -0.15) is 0 Å². The molecule has 1 heterocycles. The fourth-order valence-corrected chi connectivity index (χ4v) is 2.87. The first-order valence-electron chi connectivity index (χ1n) is 6.07. The van der Waals surface area contributed by atoms with Crippen LogP contribution >= 0.6 is 15.9 Å². The van der Waals surface area contributed by atoms with Crippen molar-refractivity contribution in [3.63, 3.8) is 0 Å². The average Bonchev–Trinajstić information content (AvgIpc) is 2.28. The minimum absolute atomic E-state index is 0.140.